The minimum absolute atomic E-state index is 0.0869. The maximum atomic E-state index is 11.9. The molecule has 0 radical (unpaired) electrons. The summed E-state index contributed by atoms with van der Waals surface area (Å²) in [6.07, 6.45) is 4.59. The van der Waals surface area contributed by atoms with Gasteiger partial charge >= 0.3 is 0 Å². The summed E-state index contributed by atoms with van der Waals surface area (Å²) in [6.45, 7) is 2.29. The van der Waals surface area contributed by atoms with Crippen molar-refractivity contribution in [2.24, 2.45) is 11.7 Å². The molecule has 164 valence electrons. The van der Waals surface area contributed by atoms with Crippen molar-refractivity contribution in [3.8, 4) is 6.07 Å². The van der Waals surface area contributed by atoms with Crippen LogP contribution in [0, 0.1) is 22.7 Å². The summed E-state index contributed by atoms with van der Waals surface area (Å²) >= 11 is 6.07. The van der Waals surface area contributed by atoms with Crippen LogP contribution in [0.5, 0.6) is 0 Å². The van der Waals surface area contributed by atoms with Gasteiger partial charge in [0.15, 0.2) is 0 Å². The second-order valence-electron chi connectivity index (χ2n) is 8.23. The molecule has 1 aliphatic heterocycles. The Bertz CT molecular complexity index is 926. The van der Waals surface area contributed by atoms with E-state index in [0.717, 1.165) is 38.0 Å². The Kier molecular flexibility index (Phi) is 7.31. The maximum absolute atomic E-state index is 11.9. The molecule has 3 rings (SSSR count). The van der Waals surface area contributed by atoms with Crippen LogP contribution in [-0.4, -0.2) is 41.2 Å². The van der Waals surface area contributed by atoms with Crippen LogP contribution in [0.2, 0.25) is 5.02 Å². The molecule has 0 spiro atoms. The topological polar surface area (TPSA) is 135 Å². The fourth-order valence-corrected chi connectivity index (χ4v) is 3.90. The molecule has 1 aromatic carbocycles. The van der Waals surface area contributed by atoms with E-state index in [-0.39, 0.29) is 29.7 Å². The monoisotopic (exact) mass is 442 g/mol. The Morgan fingerprint density at radius 2 is 2.06 bits per heavy atom. The summed E-state index contributed by atoms with van der Waals surface area (Å²) < 4.78 is 0. The van der Waals surface area contributed by atoms with Gasteiger partial charge in [-0.15, -0.1) is 0 Å². The van der Waals surface area contributed by atoms with E-state index in [0.29, 0.717) is 17.9 Å². The van der Waals surface area contributed by atoms with Gasteiger partial charge in [0.2, 0.25) is 5.91 Å². The Morgan fingerprint density at radius 3 is 2.65 bits per heavy atom. The highest BCUT2D eigenvalue weighted by molar-refractivity contribution is 6.30. The van der Waals surface area contributed by atoms with Crippen LogP contribution in [0.1, 0.15) is 37.7 Å². The number of hydrogen-bond donors (Lipinski definition) is 4. The van der Waals surface area contributed by atoms with Gasteiger partial charge in [-0.2, -0.15) is 5.26 Å². The Morgan fingerprint density at radius 1 is 1.35 bits per heavy atom. The third-order valence-electron chi connectivity index (χ3n) is 5.78. The van der Waals surface area contributed by atoms with Crippen LogP contribution in [-0.2, 0) is 16.1 Å². The highest BCUT2D eigenvalue weighted by atomic mass is 35.5. The zero-order valence-electron chi connectivity index (χ0n) is 17.3. The van der Waals surface area contributed by atoms with Gasteiger partial charge in [-0.25, -0.2) is 0 Å². The zero-order chi connectivity index (χ0) is 22.4. The predicted octanol–water partition coefficient (Wildman–Crippen LogP) is 2.05. The van der Waals surface area contributed by atoms with Crippen LogP contribution in [0.15, 0.2) is 36.0 Å². The van der Waals surface area contributed by atoms with Gasteiger partial charge in [0.25, 0.3) is 5.91 Å². The molecule has 9 heteroatoms. The van der Waals surface area contributed by atoms with Crippen LogP contribution < -0.4 is 16.4 Å². The van der Waals surface area contributed by atoms with E-state index in [2.05, 4.69) is 21.6 Å². The van der Waals surface area contributed by atoms with Crippen molar-refractivity contribution in [2.45, 2.75) is 44.2 Å². The van der Waals surface area contributed by atoms with Crippen molar-refractivity contribution < 1.29 is 9.59 Å². The lowest BCUT2D eigenvalue weighted by atomic mass is 9.84. The molecule has 1 saturated heterocycles. The highest BCUT2D eigenvalue weighted by Crippen LogP contribution is 2.29. The number of rotatable bonds is 8. The molecule has 0 unspecified atom stereocenters. The lowest BCUT2D eigenvalue weighted by Gasteiger charge is -2.41. The molecule has 1 aliphatic carbocycles. The van der Waals surface area contributed by atoms with Gasteiger partial charge in [-0.3, -0.25) is 19.9 Å². The van der Waals surface area contributed by atoms with Gasteiger partial charge in [-0.05, 0) is 43.4 Å². The van der Waals surface area contributed by atoms with E-state index >= 15 is 0 Å². The highest BCUT2D eigenvalue weighted by Gasteiger charge is 2.35. The standard InChI is InChI=1S/C22H27ClN6O2/c23-17-3-1-2-15(12-17)14-29-10-7-22(6-9-24,8-11-29)27-13-18(20(26)30)19(25)28-21(31)16-4-5-16/h1-3,12-13,16,27H,4-8,10-11,14H2,(H2,26,30)(H2,25,28,31)/b18-13+. The van der Waals surface area contributed by atoms with Crippen molar-refractivity contribution in [1.29, 1.82) is 10.7 Å². The number of hydrogen-bond acceptors (Lipinski definition) is 6. The Balaban J connectivity index is 1.63. The molecule has 1 aromatic rings. The van der Waals surface area contributed by atoms with Gasteiger partial charge in [0, 0.05) is 36.8 Å². The van der Waals surface area contributed by atoms with E-state index in [4.69, 9.17) is 22.7 Å². The molecule has 0 aromatic heterocycles. The number of halogens is 1. The molecule has 2 fully saturated rings. The van der Waals surface area contributed by atoms with Crippen molar-refractivity contribution >= 4 is 29.3 Å². The number of nitrogens with two attached hydrogens (primary N) is 1. The van der Waals surface area contributed by atoms with Gasteiger partial charge in [0.05, 0.1) is 23.6 Å². The number of piperidine rings is 1. The molecule has 1 saturated carbocycles. The van der Waals surface area contributed by atoms with Gasteiger partial charge in [0.1, 0.15) is 5.84 Å². The summed E-state index contributed by atoms with van der Waals surface area (Å²) in [5, 5.41) is 23.8. The van der Waals surface area contributed by atoms with E-state index in [1.165, 1.54) is 6.20 Å². The number of likely N-dealkylation sites (tertiary alicyclic amines) is 1. The van der Waals surface area contributed by atoms with Crippen LogP contribution >= 0.6 is 11.6 Å². The number of carbonyl (C=O) groups is 2. The SMILES string of the molecule is N#CCC1(N/C=C(\C(=N)NC(=O)C2CC2)C(N)=O)CCN(Cc2cccc(Cl)c2)CC1. The number of primary amides is 1. The molecule has 2 amide bonds. The second-order valence-corrected chi connectivity index (χ2v) is 8.66. The smallest absolute Gasteiger partial charge is 0.253 e. The normalized spacial score (nSPS) is 18.6. The molecular formula is C22H27ClN6O2. The lowest BCUT2D eigenvalue weighted by Crippen LogP contribution is -2.51. The number of nitriles is 1. The first-order valence-electron chi connectivity index (χ1n) is 10.3. The third kappa shape index (κ3) is 6.29. The number of benzene rings is 1. The number of amides is 2. The quantitative estimate of drug-likeness (QED) is 0.277. The summed E-state index contributed by atoms with van der Waals surface area (Å²) in [4.78, 5) is 26.1. The minimum atomic E-state index is -0.806. The summed E-state index contributed by atoms with van der Waals surface area (Å²) in [6, 6.07) is 9.97. The molecule has 2 aliphatic rings. The van der Waals surface area contributed by atoms with Gasteiger partial charge < -0.3 is 16.4 Å². The zero-order valence-corrected chi connectivity index (χ0v) is 18.0. The van der Waals surface area contributed by atoms with Crippen molar-refractivity contribution in [1.82, 2.24) is 15.5 Å². The first-order chi connectivity index (χ1) is 14.8. The van der Waals surface area contributed by atoms with E-state index in [1.54, 1.807) is 0 Å². The molecule has 0 bridgehead atoms. The van der Waals surface area contributed by atoms with Crippen LogP contribution in [0.3, 0.4) is 0 Å². The first kappa shape index (κ1) is 22.8. The number of amidine groups is 1. The van der Waals surface area contributed by atoms with E-state index in [1.807, 2.05) is 24.3 Å². The number of nitrogens with zero attached hydrogens (tertiary/aromatic N) is 2. The number of carbonyl (C=O) groups excluding carboxylic acids is 2. The Labute approximate surface area is 186 Å². The first-order valence-corrected chi connectivity index (χ1v) is 10.7. The fraction of sp³-hybridized carbons (Fsp3) is 0.455. The minimum Gasteiger partial charge on any atom is -0.384 e. The summed E-state index contributed by atoms with van der Waals surface area (Å²) in [7, 11) is 0. The molecule has 5 N–H and O–H groups in total. The largest absolute Gasteiger partial charge is 0.384 e. The molecule has 31 heavy (non-hydrogen) atoms. The molecule has 0 atom stereocenters. The number of nitrogens with one attached hydrogen (secondary N) is 3. The van der Waals surface area contributed by atoms with Crippen LogP contribution in [0.4, 0.5) is 0 Å². The summed E-state index contributed by atoms with van der Waals surface area (Å²) in [5.74, 6) is -1.48. The van der Waals surface area contributed by atoms with E-state index < -0.39 is 11.4 Å². The Hall–Kier alpha value is -2.89. The van der Waals surface area contributed by atoms with E-state index in [9.17, 15) is 14.9 Å². The predicted molar refractivity (Wildman–Crippen MR) is 118 cm³/mol. The maximum Gasteiger partial charge on any atom is 0.253 e. The molecule has 1 heterocycles. The van der Waals surface area contributed by atoms with Crippen molar-refractivity contribution in [2.75, 3.05) is 13.1 Å². The van der Waals surface area contributed by atoms with Crippen molar-refractivity contribution in [3.05, 3.63) is 46.6 Å². The summed E-state index contributed by atoms with van der Waals surface area (Å²) in [5.41, 5.74) is 5.93. The molecular weight excluding hydrogens is 416 g/mol. The fourth-order valence-electron chi connectivity index (χ4n) is 3.69. The second kappa shape index (κ2) is 9.94. The average molecular weight is 443 g/mol. The lowest BCUT2D eigenvalue weighted by molar-refractivity contribution is -0.120. The third-order valence-corrected chi connectivity index (χ3v) is 6.01. The average Bonchev–Trinajstić information content (AvgIpc) is 3.55. The van der Waals surface area contributed by atoms with Gasteiger partial charge in [-0.1, -0.05) is 23.7 Å². The molecule has 8 nitrogen and oxygen atoms in total. The van der Waals surface area contributed by atoms with Crippen LogP contribution in [0.25, 0.3) is 0 Å². The van der Waals surface area contributed by atoms with Crippen molar-refractivity contribution in [3.63, 3.8) is 0 Å².